The second kappa shape index (κ2) is 5.38. The van der Waals surface area contributed by atoms with Crippen molar-refractivity contribution < 1.29 is 4.42 Å². The van der Waals surface area contributed by atoms with Crippen molar-refractivity contribution in [1.82, 2.24) is 4.57 Å². The lowest BCUT2D eigenvalue weighted by Gasteiger charge is -2.09. The Morgan fingerprint density at radius 3 is 1.93 bits per heavy atom. The van der Waals surface area contributed by atoms with E-state index >= 15 is 0 Å². The van der Waals surface area contributed by atoms with E-state index in [0.29, 0.717) is 5.02 Å². The second-order valence-corrected chi connectivity index (χ2v) is 7.21. The molecule has 0 aliphatic carbocycles. The monoisotopic (exact) mass is 367 g/mol. The number of hydrogen-bond acceptors (Lipinski definition) is 1. The van der Waals surface area contributed by atoms with E-state index in [9.17, 15) is 0 Å². The van der Waals surface area contributed by atoms with Gasteiger partial charge in [0.1, 0.15) is 5.58 Å². The quantitative estimate of drug-likeness (QED) is 0.297. The summed E-state index contributed by atoms with van der Waals surface area (Å²) in [6.07, 6.45) is 0. The topological polar surface area (TPSA) is 18.1 Å². The van der Waals surface area contributed by atoms with Crippen molar-refractivity contribution in [1.29, 1.82) is 0 Å². The normalized spacial score (nSPS) is 11.9. The zero-order chi connectivity index (χ0) is 18.0. The van der Waals surface area contributed by atoms with E-state index in [0.717, 1.165) is 38.7 Å². The first-order chi connectivity index (χ1) is 13.3. The number of nitrogens with zero attached hydrogens (tertiary/aromatic N) is 1. The lowest BCUT2D eigenvalue weighted by molar-refractivity contribution is 0.666. The van der Waals surface area contributed by atoms with Gasteiger partial charge in [0, 0.05) is 26.6 Å². The molecule has 27 heavy (non-hydrogen) atoms. The van der Waals surface area contributed by atoms with Crippen molar-refractivity contribution in [2.24, 2.45) is 0 Å². The highest BCUT2D eigenvalue weighted by Gasteiger charge is 2.18. The molecule has 128 valence electrons. The molecule has 0 unspecified atom stereocenters. The highest BCUT2D eigenvalue weighted by molar-refractivity contribution is 6.32. The first-order valence-electron chi connectivity index (χ1n) is 8.90. The van der Waals surface area contributed by atoms with E-state index < -0.39 is 0 Å². The van der Waals surface area contributed by atoms with E-state index in [1.807, 2.05) is 30.3 Å². The van der Waals surface area contributed by atoms with Gasteiger partial charge in [-0.3, -0.25) is 0 Å². The second-order valence-electron chi connectivity index (χ2n) is 6.77. The minimum absolute atomic E-state index is 0.700. The summed E-state index contributed by atoms with van der Waals surface area (Å²) in [6, 6.07) is 29.0. The SMILES string of the molecule is Clc1cc(-n2c3ccccc3c3ccccc32)c2oc3ccccc3c2c1. The minimum Gasteiger partial charge on any atom is -0.454 e. The van der Waals surface area contributed by atoms with Crippen LogP contribution in [0.1, 0.15) is 0 Å². The molecule has 4 aromatic carbocycles. The molecule has 0 saturated carbocycles. The van der Waals surface area contributed by atoms with Gasteiger partial charge in [0.25, 0.3) is 0 Å². The molecule has 0 aliphatic rings. The van der Waals surface area contributed by atoms with Gasteiger partial charge in [-0.1, -0.05) is 66.2 Å². The zero-order valence-corrected chi connectivity index (χ0v) is 15.1. The predicted molar refractivity (Wildman–Crippen MR) is 113 cm³/mol. The third-order valence-electron chi connectivity index (χ3n) is 5.24. The van der Waals surface area contributed by atoms with Crippen LogP contribution in [0.25, 0.3) is 49.4 Å². The highest BCUT2D eigenvalue weighted by atomic mass is 35.5. The summed E-state index contributed by atoms with van der Waals surface area (Å²) in [7, 11) is 0. The Morgan fingerprint density at radius 1 is 0.630 bits per heavy atom. The fourth-order valence-corrected chi connectivity index (χ4v) is 4.34. The number of para-hydroxylation sites is 3. The summed E-state index contributed by atoms with van der Waals surface area (Å²) in [4.78, 5) is 0. The number of benzene rings is 4. The molecule has 0 bridgehead atoms. The van der Waals surface area contributed by atoms with E-state index in [4.69, 9.17) is 16.0 Å². The van der Waals surface area contributed by atoms with E-state index in [1.54, 1.807) is 0 Å². The minimum atomic E-state index is 0.700. The van der Waals surface area contributed by atoms with Gasteiger partial charge in [-0.05, 0) is 30.3 Å². The van der Waals surface area contributed by atoms with Gasteiger partial charge < -0.3 is 8.98 Å². The van der Waals surface area contributed by atoms with E-state index in [2.05, 4.69) is 59.2 Å². The number of furan rings is 1. The molecule has 0 spiro atoms. The van der Waals surface area contributed by atoms with Crippen molar-refractivity contribution in [2.75, 3.05) is 0 Å². The molecule has 2 nitrogen and oxygen atoms in total. The van der Waals surface area contributed by atoms with Gasteiger partial charge >= 0.3 is 0 Å². The van der Waals surface area contributed by atoms with Crippen LogP contribution in [0.4, 0.5) is 0 Å². The van der Waals surface area contributed by atoms with E-state index in [-0.39, 0.29) is 0 Å². The Hall–Kier alpha value is -3.23. The Bertz CT molecular complexity index is 1440. The van der Waals surface area contributed by atoms with Crippen molar-refractivity contribution in [3.8, 4) is 5.69 Å². The molecule has 0 N–H and O–H groups in total. The summed E-state index contributed by atoms with van der Waals surface area (Å²) in [5, 5.41) is 5.26. The zero-order valence-electron chi connectivity index (χ0n) is 14.3. The molecule has 6 rings (SSSR count). The average Bonchev–Trinajstić information content (AvgIpc) is 3.24. The molecular formula is C24H14ClNO. The van der Waals surface area contributed by atoms with Gasteiger partial charge in [-0.2, -0.15) is 0 Å². The largest absolute Gasteiger partial charge is 0.454 e. The summed E-state index contributed by atoms with van der Waals surface area (Å²) < 4.78 is 8.53. The van der Waals surface area contributed by atoms with Crippen LogP contribution >= 0.6 is 11.6 Å². The molecule has 6 aromatic rings. The van der Waals surface area contributed by atoms with Gasteiger partial charge in [0.05, 0.1) is 16.7 Å². The molecular weight excluding hydrogens is 354 g/mol. The number of halogens is 1. The van der Waals surface area contributed by atoms with Crippen LogP contribution in [0.15, 0.2) is 89.3 Å². The number of rotatable bonds is 1. The standard InChI is InChI=1S/C24H14ClNO/c25-15-13-19-18-9-3-6-12-23(18)27-24(19)22(14-15)26-20-10-4-1-7-16(20)17-8-2-5-11-21(17)26/h1-14H. The average molecular weight is 368 g/mol. The van der Waals surface area contributed by atoms with Crippen LogP contribution in [0, 0.1) is 0 Å². The fourth-order valence-electron chi connectivity index (χ4n) is 4.12. The number of hydrogen-bond donors (Lipinski definition) is 0. The molecule has 0 amide bonds. The molecule has 3 heteroatoms. The van der Waals surface area contributed by atoms with Crippen LogP contribution in [0.5, 0.6) is 0 Å². The smallest absolute Gasteiger partial charge is 0.159 e. The maximum absolute atomic E-state index is 6.55. The lowest BCUT2D eigenvalue weighted by atomic mass is 10.1. The van der Waals surface area contributed by atoms with Crippen molar-refractivity contribution in [3.63, 3.8) is 0 Å². The van der Waals surface area contributed by atoms with Crippen molar-refractivity contribution in [2.45, 2.75) is 0 Å². The third kappa shape index (κ3) is 2.02. The molecule has 2 heterocycles. The Balaban J connectivity index is 1.86. The Morgan fingerprint density at radius 2 is 1.22 bits per heavy atom. The van der Waals surface area contributed by atoms with Gasteiger partial charge in [0.2, 0.25) is 0 Å². The molecule has 0 atom stereocenters. The van der Waals surface area contributed by atoms with Crippen LogP contribution in [0.3, 0.4) is 0 Å². The first kappa shape index (κ1) is 14.9. The summed E-state index contributed by atoms with van der Waals surface area (Å²) in [6.45, 7) is 0. The van der Waals surface area contributed by atoms with Crippen LogP contribution in [-0.2, 0) is 0 Å². The number of aromatic nitrogens is 1. The molecule has 0 radical (unpaired) electrons. The van der Waals surface area contributed by atoms with Crippen molar-refractivity contribution >= 4 is 55.3 Å². The summed E-state index contributed by atoms with van der Waals surface area (Å²) >= 11 is 6.55. The fraction of sp³-hybridized carbons (Fsp3) is 0. The molecule has 0 fully saturated rings. The lowest BCUT2D eigenvalue weighted by Crippen LogP contribution is -1.94. The van der Waals surface area contributed by atoms with Gasteiger partial charge in [-0.25, -0.2) is 0 Å². The maximum Gasteiger partial charge on any atom is 0.159 e. The molecule has 0 aliphatic heterocycles. The Labute approximate surface area is 160 Å². The Kier molecular flexibility index (Phi) is 2.97. The van der Waals surface area contributed by atoms with Crippen LogP contribution in [0.2, 0.25) is 5.02 Å². The molecule has 0 saturated heterocycles. The predicted octanol–water partition coefficient (Wildman–Crippen LogP) is 7.34. The van der Waals surface area contributed by atoms with E-state index in [1.165, 1.54) is 10.8 Å². The van der Waals surface area contributed by atoms with Crippen LogP contribution in [-0.4, -0.2) is 4.57 Å². The maximum atomic E-state index is 6.55. The molecule has 2 aromatic heterocycles. The van der Waals surface area contributed by atoms with Crippen molar-refractivity contribution in [3.05, 3.63) is 90.0 Å². The van der Waals surface area contributed by atoms with Gasteiger partial charge in [0.15, 0.2) is 5.58 Å². The summed E-state index contributed by atoms with van der Waals surface area (Å²) in [5.41, 5.74) is 4.97. The van der Waals surface area contributed by atoms with Crippen LogP contribution < -0.4 is 0 Å². The third-order valence-corrected chi connectivity index (χ3v) is 5.46. The highest BCUT2D eigenvalue weighted by Crippen LogP contribution is 2.39. The summed E-state index contributed by atoms with van der Waals surface area (Å²) in [5.74, 6) is 0. The van der Waals surface area contributed by atoms with Gasteiger partial charge in [-0.15, -0.1) is 0 Å². The number of fused-ring (bicyclic) bond motifs is 6. The first-order valence-corrected chi connectivity index (χ1v) is 9.28.